The maximum atomic E-state index is 9.18. The molecule has 1 heterocycles. The molecule has 1 aromatic rings. The Hall–Kier alpha value is -1.02. The van der Waals surface area contributed by atoms with Gasteiger partial charge in [-0.05, 0) is 36.6 Å². The van der Waals surface area contributed by atoms with E-state index in [0.29, 0.717) is 11.2 Å². The highest BCUT2D eigenvalue weighted by Crippen LogP contribution is 2.56. The van der Waals surface area contributed by atoms with E-state index in [1.807, 2.05) is 0 Å². The minimum Gasteiger partial charge on any atom is -0.508 e. The smallest absolute Gasteiger partial charge is 0.115 e. The summed E-state index contributed by atoms with van der Waals surface area (Å²) in [6, 6.07) is 7.69. The molecule has 2 fully saturated rings. The Kier molecular flexibility index (Phi) is 1.29. The first-order valence-corrected chi connectivity index (χ1v) is 4.81. The lowest BCUT2D eigenvalue weighted by Crippen LogP contribution is -2.18. The van der Waals surface area contributed by atoms with Crippen molar-refractivity contribution in [3.63, 3.8) is 0 Å². The SMILES string of the molecule is Oc1ccc([C@@]23CNC[C@@H]2C3)cc1. The van der Waals surface area contributed by atoms with E-state index >= 15 is 0 Å². The number of piperidine rings is 1. The van der Waals surface area contributed by atoms with Crippen LogP contribution in [-0.4, -0.2) is 18.2 Å². The first-order chi connectivity index (χ1) is 6.31. The van der Waals surface area contributed by atoms with Crippen molar-refractivity contribution in [1.82, 2.24) is 5.32 Å². The first kappa shape index (κ1) is 7.39. The van der Waals surface area contributed by atoms with Crippen LogP contribution in [0.3, 0.4) is 0 Å². The Morgan fingerprint density at radius 3 is 2.62 bits per heavy atom. The number of fused-ring (bicyclic) bond motifs is 1. The van der Waals surface area contributed by atoms with Gasteiger partial charge in [-0.2, -0.15) is 0 Å². The normalized spacial score (nSPS) is 35.8. The van der Waals surface area contributed by atoms with Gasteiger partial charge in [-0.25, -0.2) is 0 Å². The largest absolute Gasteiger partial charge is 0.508 e. The third-order valence-corrected chi connectivity index (χ3v) is 3.51. The fourth-order valence-corrected chi connectivity index (χ4v) is 2.58. The Balaban J connectivity index is 1.97. The van der Waals surface area contributed by atoms with Crippen molar-refractivity contribution < 1.29 is 5.11 Å². The molecule has 1 aromatic carbocycles. The monoisotopic (exact) mass is 175 g/mol. The van der Waals surface area contributed by atoms with Gasteiger partial charge >= 0.3 is 0 Å². The van der Waals surface area contributed by atoms with Gasteiger partial charge in [0.1, 0.15) is 5.75 Å². The molecule has 1 saturated heterocycles. The van der Waals surface area contributed by atoms with E-state index in [1.165, 1.54) is 18.5 Å². The summed E-state index contributed by atoms with van der Waals surface area (Å²) in [5.41, 5.74) is 1.81. The quantitative estimate of drug-likeness (QED) is 0.673. The zero-order valence-electron chi connectivity index (χ0n) is 7.46. The lowest BCUT2D eigenvalue weighted by molar-refractivity contribution is 0.474. The molecule has 0 aromatic heterocycles. The maximum absolute atomic E-state index is 9.18. The predicted octanol–water partition coefficient (Wildman–Crippen LogP) is 1.25. The standard InChI is InChI=1S/C11H13NO/c13-10-3-1-8(2-4-10)11-5-9(11)6-12-7-11/h1-4,9,12-13H,5-7H2/t9-,11+/m0/s1. The molecule has 0 bridgehead atoms. The van der Waals surface area contributed by atoms with Crippen LogP contribution in [-0.2, 0) is 5.41 Å². The number of aromatic hydroxyl groups is 1. The van der Waals surface area contributed by atoms with Crippen LogP contribution in [0.15, 0.2) is 24.3 Å². The van der Waals surface area contributed by atoms with Crippen molar-refractivity contribution in [3.8, 4) is 5.75 Å². The highest BCUT2D eigenvalue weighted by atomic mass is 16.3. The molecule has 1 aliphatic heterocycles. The van der Waals surface area contributed by atoms with Gasteiger partial charge in [0.05, 0.1) is 0 Å². The Morgan fingerprint density at radius 1 is 1.31 bits per heavy atom. The van der Waals surface area contributed by atoms with Crippen molar-refractivity contribution in [2.24, 2.45) is 5.92 Å². The van der Waals surface area contributed by atoms with Crippen LogP contribution < -0.4 is 5.32 Å². The summed E-state index contributed by atoms with van der Waals surface area (Å²) in [7, 11) is 0. The number of hydrogen-bond acceptors (Lipinski definition) is 2. The summed E-state index contributed by atoms with van der Waals surface area (Å²) in [5, 5.41) is 12.6. The van der Waals surface area contributed by atoms with Crippen LogP contribution >= 0.6 is 0 Å². The highest BCUT2D eigenvalue weighted by molar-refractivity contribution is 5.39. The predicted molar refractivity (Wildman–Crippen MR) is 50.8 cm³/mol. The van der Waals surface area contributed by atoms with Crippen molar-refractivity contribution in [2.75, 3.05) is 13.1 Å². The number of phenols is 1. The second-order valence-corrected chi connectivity index (χ2v) is 4.23. The first-order valence-electron chi connectivity index (χ1n) is 4.81. The van der Waals surface area contributed by atoms with Gasteiger partial charge in [0.15, 0.2) is 0 Å². The van der Waals surface area contributed by atoms with E-state index in [4.69, 9.17) is 0 Å². The summed E-state index contributed by atoms with van der Waals surface area (Å²) >= 11 is 0. The average Bonchev–Trinajstić information content (AvgIpc) is 2.71. The summed E-state index contributed by atoms with van der Waals surface area (Å²) < 4.78 is 0. The van der Waals surface area contributed by atoms with E-state index < -0.39 is 0 Å². The molecule has 2 atom stereocenters. The maximum Gasteiger partial charge on any atom is 0.115 e. The number of nitrogens with one attached hydrogen (secondary N) is 1. The number of rotatable bonds is 1. The number of hydrogen-bond donors (Lipinski definition) is 2. The van der Waals surface area contributed by atoms with E-state index in [-0.39, 0.29) is 0 Å². The summed E-state index contributed by atoms with van der Waals surface area (Å²) in [5.74, 6) is 1.21. The molecule has 0 spiro atoms. The summed E-state index contributed by atoms with van der Waals surface area (Å²) in [6.45, 7) is 2.28. The molecular formula is C11H13NO. The zero-order chi connectivity index (χ0) is 8.89. The molecule has 0 radical (unpaired) electrons. The van der Waals surface area contributed by atoms with Crippen LogP contribution in [0.2, 0.25) is 0 Å². The fraction of sp³-hybridized carbons (Fsp3) is 0.455. The van der Waals surface area contributed by atoms with E-state index in [9.17, 15) is 5.11 Å². The molecule has 1 saturated carbocycles. The van der Waals surface area contributed by atoms with Gasteiger partial charge in [-0.15, -0.1) is 0 Å². The molecule has 68 valence electrons. The molecule has 0 amide bonds. The van der Waals surface area contributed by atoms with Crippen molar-refractivity contribution in [1.29, 1.82) is 0 Å². The summed E-state index contributed by atoms with van der Waals surface area (Å²) in [6.07, 6.45) is 1.32. The van der Waals surface area contributed by atoms with Crippen molar-refractivity contribution >= 4 is 0 Å². The Morgan fingerprint density at radius 2 is 2.08 bits per heavy atom. The molecule has 2 aliphatic rings. The molecule has 2 heteroatoms. The van der Waals surface area contributed by atoms with Gasteiger partial charge in [-0.1, -0.05) is 12.1 Å². The third kappa shape index (κ3) is 0.923. The second kappa shape index (κ2) is 2.26. The Labute approximate surface area is 77.6 Å². The average molecular weight is 175 g/mol. The zero-order valence-corrected chi connectivity index (χ0v) is 7.46. The van der Waals surface area contributed by atoms with Gasteiger partial charge in [0, 0.05) is 12.0 Å². The van der Waals surface area contributed by atoms with Crippen LogP contribution in [0.25, 0.3) is 0 Å². The van der Waals surface area contributed by atoms with Gasteiger partial charge in [0.25, 0.3) is 0 Å². The van der Waals surface area contributed by atoms with Crippen molar-refractivity contribution in [2.45, 2.75) is 11.8 Å². The van der Waals surface area contributed by atoms with Crippen LogP contribution in [0, 0.1) is 5.92 Å². The minimum absolute atomic E-state index is 0.364. The van der Waals surface area contributed by atoms with Gasteiger partial charge in [0.2, 0.25) is 0 Å². The molecule has 1 aliphatic carbocycles. The molecule has 2 N–H and O–H groups in total. The van der Waals surface area contributed by atoms with Crippen LogP contribution in [0.4, 0.5) is 0 Å². The fourth-order valence-electron chi connectivity index (χ4n) is 2.58. The summed E-state index contributed by atoms with van der Waals surface area (Å²) in [4.78, 5) is 0. The van der Waals surface area contributed by atoms with Crippen LogP contribution in [0.1, 0.15) is 12.0 Å². The van der Waals surface area contributed by atoms with E-state index in [0.717, 1.165) is 12.5 Å². The molecule has 2 nitrogen and oxygen atoms in total. The second-order valence-electron chi connectivity index (χ2n) is 4.23. The Bertz CT molecular complexity index is 332. The molecule has 13 heavy (non-hydrogen) atoms. The molecule has 3 rings (SSSR count). The van der Waals surface area contributed by atoms with Gasteiger partial charge < -0.3 is 10.4 Å². The van der Waals surface area contributed by atoms with Crippen molar-refractivity contribution in [3.05, 3.63) is 29.8 Å². The minimum atomic E-state index is 0.364. The van der Waals surface area contributed by atoms with E-state index in [1.54, 1.807) is 12.1 Å². The topological polar surface area (TPSA) is 32.3 Å². The highest BCUT2D eigenvalue weighted by Gasteiger charge is 2.57. The molecule has 0 unspecified atom stereocenters. The van der Waals surface area contributed by atoms with E-state index in [2.05, 4.69) is 17.4 Å². The van der Waals surface area contributed by atoms with Crippen LogP contribution in [0.5, 0.6) is 5.75 Å². The number of phenolic OH excluding ortho intramolecular Hbond substituents is 1. The third-order valence-electron chi connectivity index (χ3n) is 3.51. The van der Waals surface area contributed by atoms with Gasteiger partial charge in [-0.3, -0.25) is 0 Å². The lowest BCUT2D eigenvalue weighted by atomic mass is 9.95. The number of benzene rings is 1. The molecular weight excluding hydrogens is 162 g/mol. The lowest BCUT2D eigenvalue weighted by Gasteiger charge is -2.11.